The van der Waals surface area contributed by atoms with Crippen molar-refractivity contribution in [2.24, 2.45) is 11.8 Å². The highest BCUT2D eigenvalue weighted by molar-refractivity contribution is 4.89. The molecule has 2 fully saturated rings. The van der Waals surface area contributed by atoms with Crippen molar-refractivity contribution >= 4 is 0 Å². The van der Waals surface area contributed by atoms with Crippen molar-refractivity contribution in [1.29, 1.82) is 0 Å². The lowest BCUT2D eigenvalue weighted by molar-refractivity contribution is 0.0624. The third-order valence-corrected chi connectivity index (χ3v) is 4.56. The fraction of sp³-hybridized carbons (Fsp3) is 1.00. The van der Waals surface area contributed by atoms with Gasteiger partial charge in [-0.05, 0) is 57.9 Å². The Kier molecular flexibility index (Phi) is 4.26. The van der Waals surface area contributed by atoms with E-state index in [0.29, 0.717) is 5.54 Å². The molecule has 94 valence electrons. The van der Waals surface area contributed by atoms with Crippen LogP contribution in [0.2, 0.25) is 0 Å². The zero-order valence-electron chi connectivity index (χ0n) is 10.9. The predicted molar refractivity (Wildman–Crippen MR) is 67.6 cm³/mol. The molecule has 2 nitrogen and oxygen atoms in total. The van der Waals surface area contributed by atoms with Crippen LogP contribution in [-0.2, 0) is 4.74 Å². The first-order chi connectivity index (χ1) is 7.68. The van der Waals surface area contributed by atoms with E-state index in [4.69, 9.17) is 4.74 Å². The molecule has 0 aromatic rings. The molecule has 1 saturated heterocycles. The Morgan fingerprint density at radius 2 is 1.69 bits per heavy atom. The molecule has 2 heteroatoms. The molecule has 0 aromatic carbocycles. The maximum atomic E-state index is 5.40. The summed E-state index contributed by atoms with van der Waals surface area (Å²) in [6, 6.07) is 0. The van der Waals surface area contributed by atoms with E-state index in [-0.39, 0.29) is 0 Å². The highest BCUT2D eigenvalue weighted by Gasteiger charge is 2.31. The minimum Gasteiger partial charge on any atom is -0.381 e. The van der Waals surface area contributed by atoms with Gasteiger partial charge in [-0.25, -0.2) is 0 Å². The molecular formula is C14H27NO. The Morgan fingerprint density at radius 3 is 2.31 bits per heavy atom. The summed E-state index contributed by atoms with van der Waals surface area (Å²) in [6.45, 7) is 7.91. The number of nitrogens with one attached hydrogen (secondary N) is 1. The van der Waals surface area contributed by atoms with Crippen molar-refractivity contribution in [3.05, 3.63) is 0 Å². The van der Waals surface area contributed by atoms with Crippen molar-refractivity contribution in [3.8, 4) is 0 Å². The minimum absolute atomic E-state index is 0.342. The molecule has 0 spiro atoms. The van der Waals surface area contributed by atoms with Crippen LogP contribution < -0.4 is 5.32 Å². The molecule has 0 amide bonds. The molecule has 0 aromatic heterocycles. The van der Waals surface area contributed by atoms with E-state index in [2.05, 4.69) is 19.2 Å². The Hall–Kier alpha value is -0.0800. The van der Waals surface area contributed by atoms with E-state index in [1.54, 1.807) is 0 Å². The van der Waals surface area contributed by atoms with Crippen molar-refractivity contribution < 1.29 is 4.74 Å². The van der Waals surface area contributed by atoms with E-state index in [1.807, 2.05) is 0 Å². The van der Waals surface area contributed by atoms with Gasteiger partial charge in [-0.15, -0.1) is 0 Å². The average Bonchev–Trinajstić information content (AvgIpc) is 2.82. The van der Waals surface area contributed by atoms with E-state index in [1.165, 1.54) is 45.1 Å². The van der Waals surface area contributed by atoms with Gasteiger partial charge in [0, 0.05) is 18.8 Å². The van der Waals surface area contributed by atoms with E-state index in [9.17, 15) is 0 Å². The van der Waals surface area contributed by atoms with Crippen LogP contribution in [0.1, 0.15) is 52.4 Å². The Balaban J connectivity index is 1.74. The molecule has 1 aliphatic carbocycles. The molecule has 1 heterocycles. The summed E-state index contributed by atoms with van der Waals surface area (Å²) in [5.41, 5.74) is 0.342. The fourth-order valence-corrected chi connectivity index (χ4v) is 3.15. The second kappa shape index (κ2) is 5.50. The van der Waals surface area contributed by atoms with Crippen LogP contribution in [0, 0.1) is 11.8 Å². The highest BCUT2D eigenvalue weighted by Crippen LogP contribution is 2.33. The summed E-state index contributed by atoms with van der Waals surface area (Å²) >= 11 is 0. The smallest absolute Gasteiger partial charge is 0.0469 e. The Morgan fingerprint density at radius 1 is 1.06 bits per heavy atom. The third-order valence-electron chi connectivity index (χ3n) is 4.56. The topological polar surface area (TPSA) is 21.3 Å². The van der Waals surface area contributed by atoms with Gasteiger partial charge in [0.2, 0.25) is 0 Å². The van der Waals surface area contributed by atoms with Gasteiger partial charge in [-0.1, -0.05) is 12.8 Å². The SMILES string of the molecule is CC(C)(NCC1CCOCC1)C1CCCC1. The molecule has 1 N–H and O–H groups in total. The molecule has 0 bridgehead atoms. The second-order valence-corrected chi connectivity index (χ2v) is 6.14. The van der Waals surface area contributed by atoms with Crippen molar-refractivity contribution in [3.63, 3.8) is 0 Å². The molecule has 2 rings (SSSR count). The first kappa shape index (κ1) is 12.4. The molecule has 0 atom stereocenters. The lowest BCUT2D eigenvalue weighted by Crippen LogP contribution is -2.47. The van der Waals surface area contributed by atoms with Gasteiger partial charge in [0.1, 0.15) is 0 Å². The summed E-state index contributed by atoms with van der Waals surface area (Å²) in [4.78, 5) is 0. The van der Waals surface area contributed by atoms with Crippen LogP contribution in [0.5, 0.6) is 0 Å². The highest BCUT2D eigenvalue weighted by atomic mass is 16.5. The number of hydrogen-bond donors (Lipinski definition) is 1. The first-order valence-electron chi connectivity index (χ1n) is 7.01. The van der Waals surface area contributed by atoms with Gasteiger partial charge in [-0.3, -0.25) is 0 Å². The van der Waals surface area contributed by atoms with Gasteiger partial charge in [-0.2, -0.15) is 0 Å². The van der Waals surface area contributed by atoms with E-state index in [0.717, 1.165) is 25.0 Å². The van der Waals surface area contributed by atoms with Gasteiger partial charge < -0.3 is 10.1 Å². The van der Waals surface area contributed by atoms with Crippen LogP contribution in [0.4, 0.5) is 0 Å². The molecule has 0 radical (unpaired) electrons. The van der Waals surface area contributed by atoms with Gasteiger partial charge in [0.25, 0.3) is 0 Å². The number of hydrogen-bond acceptors (Lipinski definition) is 2. The van der Waals surface area contributed by atoms with E-state index >= 15 is 0 Å². The first-order valence-corrected chi connectivity index (χ1v) is 7.01. The molecule has 2 aliphatic rings. The summed E-state index contributed by atoms with van der Waals surface area (Å²) in [7, 11) is 0. The summed E-state index contributed by atoms with van der Waals surface area (Å²) < 4.78 is 5.40. The average molecular weight is 225 g/mol. The van der Waals surface area contributed by atoms with Crippen LogP contribution >= 0.6 is 0 Å². The zero-order valence-corrected chi connectivity index (χ0v) is 10.9. The fourth-order valence-electron chi connectivity index (χ4n) is 3.15. The largest absolute Gasteiger partial charge is 0.381 e. The zero-order chi connectivity index (χ0) is 11.4. The number of ether oxygens (including phenoxy) is 1. The molecule has 1 aliphatic heterocycles. The van der Waals surface area contributed by atoms with Crippen molar-refractivity contribution in [1.82, 2.24) is 5.32 Å². The maximum Gasteiger partial charge on any atom is 0.0469 e. The standard InChI is InChI=1S/C14H27NO/c1-14(2,13-5-3-4-6-13)15-11-12-7-9-16-10-8-12/h12-13,15H,3-11H2,1-2H3. The predicted octanol–water partition coefficient (Wildman–Crippen LogP) is 2.97. The van der Waals surface area contributed by atoms with Crippen molar-refractivity contribution in [2.45, 2.75) is 57.9 Å². The maximum absolute atomic E-state index is 5.40. The van der Waals surface area contributed by atoms with Crippen molar-refractivity contribution in [2.75, 3.05) is 19.8 Å². The Labute approximate surface area is 100 Å². The second-order valence-electron chi connectivity index (χ2n) is 6.14. The third kappa shape index (κ3) is 3.21. The Bertz CT molecular complexity index is 203. The lowest BCUT2D eigenvalue weighted by Gasteiger charge is -2.35. The summed E-state index contributed by atoms with van der Waals surface area (Å²) in [6.07, 6.45) is 8.21. The minimum atomic E-state index is 0.342. The van der Waals surface area contributed by atoms with Gasteiger partial charge in [0.15, 0.2) is 0 Å². The monoisotopic (exact) mass is 225 g/mol. The van der Waals surface area contributed by atoms with Crippen LogP contribution in [0.25, 0.3) is 0 Å². The van der Waals surface area contributed by atoms with Gasteiger partial charge >= 0.3 is 0 Å². The van der Waals surface area contributed by atoms with Crippen LogP contribution in [0.15, 0.2) is 0 Å². The molecule has 0 unspecified atom stereocenters. The quantitative estimate of drug-likeness (QED) is 0.794. The van der Waals surface area contributed by atoms with Crippen LogP contribution in [-0.4, -0.2) is 25.3 Å². The normalized spacial score (nSPS) is 25.1. The number of rotatable bonds is 4. The molecule has 1 saturated carbocycles. The summed E-state index contributed by atoms with van der Waals surface area (Å²) in [5, 5.41) is 3.82. The lowest BCUT2D eigenvalue weighted by atomic mass is 9.85. The van der Waals surface area contributed by atoms with Crippen LogP contribution in [0.3, 0.4) is 0 Å². The summed E-state index contributed by atoms with van der Waals surface area (Å²) in [5.74, 6) is 1.74. The van der Waals surface area contributed by atoms with Gasteiger partial charge in [0.05, 0.1) is 0 Å². The molecular weight excluding hydrogens is 198 g/mol. The molecule has 16 heavy (non-hydrogen) atoms. The van der Waals surface area contributed by atoms with E-state index < -0.39 is 0 Å².